The van der Waals surface area contributed by atoms with Crippen LogP contribution in [-0.2, 0) is 9.53 Å². The summed E-state index contributed by atoms with van der Waals surface area (Å²) in [5, 5.41) is 8.89. The molecule has 0 aromatic carbocycles. The Morgan fingerprint density at radius 1 is 1.31 bits per heavy atom. The van der Waals surface area contributed by atoms with Crippen LogP contribution in [0.25, 0.3) is 0 Å². The molecule has 0 unspecified atom stereocenters. The molecule has 0 spiro atoms. The van der Waals surface area contributed by atoms with Crippen molar-refractivity contribution in [2.75, 3.05) is 6.61 Å². The molecular weight excluding hydrogens is 168 g/mol. The Kier molecular flexibility index (Phi) is 2.54. The molecule has 1 saturated carbocycles. The van der Waals surface area contributed by atoms with Gasteiger partial charge in [0.15, 0.2) is 0 Å². The van der Waals surface area contributed by atoms with Crippen molar-refractivity contribution in [2.24, 2.45) is 11.8 Å². The first kappa shape index (κ1) is 9.00. The molecule has 3 atom stereocenters. The second-order valence-corrected chi connectivity index (χ2v) is 4.16. The highest BCUT2D eigenvalue weighted by Crippen LogP contribution is 2.36. The van der Waals surface area contributed by atoms with Crippen LogP contribution >= 0.6 is 0 Å². The highest BCUT2D eigenvalue weighted by Gasteiger charge is 2.35. The van der Waals surface area contributed by atoms with Gasteiger partial charge in [-0.25, -0.2) is 0 Å². The summed E-state index contributed by atoms with van der Waals surface area (Å²) in [4.78, 5) is 10.8. The van der Waals surface area contributed by atoms with Gasteiger partial charge in [0.2, 0.25) is 0 Å². The summed E-state index contributed by atoms with van der Waals surface area (Å²) in [5.74, 6) is -0.212. The van der Waals surface area contributed by atoms with Crippen LogP contribution in [0.3, 0.4) is 0 Å². The lowest BCUT2D eigenvalue weighted by atomic mass is 9.76. The van der Waals surface area contributed by atoms with Gasteiger partial charge in [-0.15, -0.1) is 0 Å². The van der Waals surface area contributed by atoms with E-state index in [1.54, 1.807) is 0 Å². The number of rotatable bonds is 1. The van der Waals surface area contributed by atoms with Gasteiger partial charge in [-0.1, -0.05) is 0 Å². The molecule has 1 heterocycles. The Morgan fingerprint density at radius 3 is 2.92 bits per heavy atom. The minimum Gasteiger partial charge on any atom is -0.481 e. The molecule has 2 rings (SSSR count). The zero-order valence-electron chi connectivity index (χ0n) is 7.74. The Labute approximate surface area is 78.1 Å². The highest BCUT2D eigenvalue weighted by molar-refractivity contribution is 5.70. The largest absolute Gasteiger partial charge is 0.481 e. The lowest BCUT2D eigenvalue weighted by Gasteiger charge is -2.37. The summed E-state index contributed by atoms with van der Waals surface area (Å²) in [6.45, 7) is 0.874. The van der Waals surface area contributed by atoms with Crippen LogP contribution in [0.2, 0.25) is 0 Å². The van der Waals surface area contributed by atoms with Gasteiger partial charge in [-0.3, -0.25) is 4.79 Å². The smallest absolute Gasteiger partial charge is 0.306 e. The fourth-order valence-corrected chi connectivity index (χ4v) is 2.56. The van der Waals surface area contributed by atoms with Crippen LogP contribution in [0.4, 0.5) is 0 Å². The van der Waals surface area contributed by atoms with Gasteiger partial charge in [0.1, 0.15) is 0 Å². The molecule has 3 heteroatoms. The number of ether oxygens (including phenoxy) is 1. The SMILES string of the molecule is O=C(O)[C@@H]1CC[C@H]2OCCC[C@@H]2C1. The van der Waals surface area contributed by atoms with Crippen LogP contribution in [0.15, 0.2) is 0 Å². The second-order valence-electron chi connectivity index (χ2n) is 4.16. The molecular formula is C10H16O3. The van der Waals surface area contributed by atoms with E-state index < -0.39 is 5.97 Å². The van der Waals surface area contributed by atoms with Crippen molar-refractivity contribution in [1.29, 1.82) is 0 Å². The van der Waals surface area contributed by atoms with Crippen molar-refractivity contribution in [3.05, 3.63) is 0 Å². The Hall–Kier alpha value is -0.570. The highest BCUT2D eigenvalue weighted by atomic mass is 16.5. The molecule has 3 nitrogen and oxygen atoms in total. The van der Waals surface area contributed by atoms with E-state index in [-0.39, 0.29) is 5.92 Å². The van der Waals surface area contributed by atoms with E-state index in [0.29, 0.717) is 12.0 Å². The van der Waals surface area contributed by atoms with Gasteiger partial charge >= 0.3 is 5.97 Å². The molecule has 1 N–H and O–H groups in total. The number of carboxylic acids is 1. The van der Waals surface area contributed by atoms with Crippen molar-refractivity contribution < 1.29 is 14.6 Å². The maximum atomic E-state index is 10.8. The average molecular weight is 184 g/mol. The van der Waals surface area contributed by atoms with E-state index in [9.17, 15) is 4.79 Å². The minimum atomic E-state index is -0.621. The molecule has 13 heavy (non-hydrogen) atoms. The lowest BCUT2D eigenvalue weighted by Crippen LogP contribution is -2.37. The van der Waals surface area contributed by atoms with Crippen molar-refractivity contribution in [3.8, 4) is 0 Å². The lowest BCUT2D eigenvalue weighted by molar-refractivity contribution is -0.146. The molecule has 74 valence electrons. The molecule has 0 radical (unpaired) electrons. The topological polar surface area (TPSA) is 46.5 Å². The van der Waals surface area contributed by atoms with Gasteiger partial charge in [0, 0.05) is 6.61 Å². The maximum Gasteiger partial charge on any atom is 0.306 e. The van der Waals surface area contributed by atoms with Gasteiger partial charge in [-0.2, -0.15) is 0 Å². The van der Waals surface area contributed by atoms with Crippen LogP contribution < -0.4 is 0 Å². The van der Waals surface area contributed by atoms with Crippen molar-refractivity contribution >= 4 is 5.97 Å². The number of carboxylic acid groups (broad SMARTS) is 1. The predicted molar refractivity (Wildman–Crippen MR) is 47.4 cm³/mol. The first-order valence-electron chi connectivity index (χ1n) is 5.12. The average Bonchev–Trinajstić information content (AvgIpc) is 2.17. The Balaban J connectivity index is 1.95. The number of hydrogen-bond acceptors (Lipinski definition) is 2. The molecule has 1 saturated heterocycles. The van der Waals surface area contributed by atoms with Crippen LogP contribution in [0, 0.1) is 11.8 Å². The Morgan fingerprint density at radius 2 is 2.15 bits per heavy atom. The van der Waals surface area contributed by atoms with Gasteiger partial charge in [0.25, 0.3) is 0 Å². The van der Waals surface area contributed by atoms with Crippen LogP contribution in [0.5, 0.6) is 0 Å². The molecule has 0 aromatic rings. The Bertz CT molecular complexity index is 202. The molecule has 0 bridgehead atoms. The third kappa shape index (κ3) is 1.85. The fraction of sp³-hybridized carbons (Fsp3) is 0.900. The summed E-state index contributed by atoms with van der Waals surface area (Å²) in [6, 6.07) is 0. The second kappa shape index (κ2) is 3.66. The molecule has 2 fully saturated rings. The molecule has 0 amide bonds. The first-order valence-corrected chi connectivity index (χ1v) is 5.12. The number of aliphatic carboxylic acids is 1. The summed E-state index contributed by atoms with van der Waals surface area (Å²) in [7, 11) is 0. The number of hydrogen-bond donors (Lipinski definition) is 1. The maximum absolute atomic E-state index is 10.8. The van der Waals surface area contributed by atoms with E-state index in [4.69, 9.17) is 9.84 Å². The third-order valence-corrected chi connectivity index (χ3v) is 3.31. The number of fused-ring (bicyclic) bond motifs is 1. The summed E-state index contributed by atoms with van der Waals surface area (Å²) in [5.41, 5.74) is 0. The van der Waals surface area contributed by atoms with E-state index in [0.717, 1.165) is 38.7 Å². The normalized spacial score (nSPS) is 39.5. The monoisotopic (exact) mass is 184 g/mol. The van der Waals surface area contributed by atoms with E-state index >= 15 is 0 Å². The van der Waals surface area contributed by atoms with Gasteiger partial charge in [0.05, 0.1) is 12.0 Å². The third-order valence-electron chi connectivity index (χ3n) is 3.31. The van der Waals surface area contributed by atoms with Crippen molar-refractivity contribution in [1.82, 2.24) is 0 Å². The standard InChI is InChI=1S/C10H16O3/c11-10(12)8-3-4-9-7(6-8)2-1-5-13-9/h7-9H,1-6H2,(H,11,12)/t7-,8-,9-/m1/s1. The van der Waals surface area contributed by atoms with Crippen LogP contribution in [0.1, 0.15) is 32.1 Å². The zero-order chi connectivity index (χ0) is 9.26. The van der Waals surface area contributed by atoms with Crippen molar-refractivity contribution in [3.63, 3.8) is 0 Å². The van der Waals surface area contributed by atoms with Gasteiger partial charge in [-0.05, 0) is 38.0 Å². The number of carbonyl (C=O) groups is 1. The van der Waals surface area contributed by atoms with E-state index in [1.807, 2.05) is 0 Å². The molecule has 0 aromatic heterocycles. The minimum absolute atomic E-state index is 0.108. The molecule has 2 aliphatic rings. The summed E-state index contributed by atoms with van der Waals surface area (Å²) >= 11 is 0. The molecule has 1 aliphatic carbocycles. The van der Waals surface area contributed by atoms with Crippen LogP contribution in [-0.4, -0.2) is 23.8 Å². The predicted octanol–water partition coefficient (Wildman–Crippen LogP) is 1.67. The summed E-state index contributed by atoms with van der Waals surface area (Å²) in [6.07, 6.45) is 5.21. The van der Waals surface area contributed by atoms with Gasteiger partial charge < -0.3 is 9.84 Å². The fourth-order valence-electron chi connectivity index (χ4n) is 2.56. The molecule has 1 aliphatic heterocycles. The quantitative estimate of drug-likeness (QED) is 0.674. The van der Waals surface area contributed by atoms with E-state index in [2.05, 4.69) is 0 Å². The first-order chi connectivity index (χ1) is 6.27. The van der Waals surface area contributed by atoms with E-state index in [1.165, 1.54) is 0 Å². The van der Waals surface area contributed by atoms with Crippen molar-refractivity contribution in [2.45, 2.75) is 38.2 Å². The zero-order valence-corrected chi connectivity index (χ0v) is 7.74. The summed E-state index contributed by atoms with van der Waals surface area (Å²) < 4.78 is 5.62.